The quantitative estimate of drug-likeness (QED) is 0.522. The summed E-state index contributed by atoms with van der Waals surface area (Å²) in [7, 11) is 1.95. The highest BCUT2D eigenvalue weighted by Gasteiger charge is 2.19. The van der Waals surface area contributed by atoms with Crippen molar-refractivity contribution in [1.82, 2.24) is 9.78 Å². The van der Waals surface area contributed by atoms with Crippen LogP contribution in [0.25, 0.3) is 20.0 Å². The summed E-state index contributed by atoms with van der Waals surface area (Å²) in [6.45, 7) is 4.35. The molecule has 0 saturated carbocycles. The Morgan fingerprint density at radius 3 is 2.44 bits per heavy atom. The Labute approximate surface area is 130 Å². The van der Waals surface area contributed by atoms with E-state index in [4.69, 9.17) is 0 Å². The minimum atomic E-state index is 1.04. The van der Waals surface area contributed by atoms with Gasteiger partial charge >= 0.3 is 0 Å². The third-order valence-corrected chi connectivity index (χ3v) is 7.09. The molecule has 0 bridgehead atoms. The predicted molar refractivity (Wildman–Crippen MR) is 86.8 cm³/mol. The monoisotopic (exact) mass is 404 g/mol. The fourth-order valence-corrected chi connectivity index (χ4v) is 6.39. The summed E-state index contributed by atoms with van der Waals surface area (Å²) in [5.74, 6) is 0. The molecule has 94 valence electrons. The Morgan fingerprint density at radius 2 is 1.89 bits per heavy atom. The van der Waals surface area contributed by atoms with Crippen molar-refractivity contribution < 1.29 is 0 Å². The zero-order chi connectivity index (χ0) is 13.0. The normalized spacial score (nSPS) is 11.6. The van der Waals surface area contributed by atoms with Crippen molar-refractivity contribution in [2.24, 2.45) is 7.05 Å². The Bertz CT molecular complexity index is 752. The number of hydrogen-bond donors (Lipinski definition) is 0. The van der Waals surface area contributed by atoms with E-state index in [0.29, 0.717) is 0 Å². The van der Waals surface area contributed by atoms with E-state index in [0.717, 1.165) is 10.2 Å². The van der Waals surface area contributed by atoms with E-state index < -0.39 is 0 Å². The molecule has 0 saturated heterocycles. The Hall–Kier alpha value is -0.170. The minimum absolute atomic E-state index is 1.04. The molecule has 0 aromatic carbocycles. The van der Waals surface area contributed by atoms with Crippen molar-refractivity contribution in [3.63, 3.8) is 0 Å². The van der Waals surface area contributed by atoms with Gasteiger partial charge in [0, 0.05) is 18.6 Å². The van der Waals surface area contributed by atoms with Crippen molar-refractivity contribution >= 4 is 63.9 Å². The van der Waals surface area contributed by atoms with Crippen LogP contribution < -0.4 is 0 Å². The van der Waals surface area contributed by atoms with E-state index in [-0.39, 0.29) is 0 Å². The lowest BCUT2D eigenvalue weighted by Gasteiger charge is -1.97. The maximum Gasteiger partial charge on any atom is 0.117 e. The summed E-state index contributed by atoms with van der Waals surface area (Å²) in [6, 6.07) is 0. The Morgan fingerprint density at radius 1 is 1.17 bits per heavy atom. The average Bonchev–Trinajstić information content (AvgIpc) is 2.87. The predicted octanol–water partition coefficient (Wildman–Crippen LogP) is 5.51. The van der Waals surface area contributed by atoms with Gasteiger partial charge < -0.3 is 0 Å². The van der Waals surface area contributed by atoms with Crippen molar-refractivity contribution in [2.45, 2.75) is 13.8 Å². The molecule has 0 N–H and O–H groups in total. The summed E-state index contributed by atoms with van der Waals surface area (Å²) in [5.41, 5.74) is 3.70. The molecular weight excluding hydrogens is 396 g/mol. The molecule has 3 aromatic rings. The van der Waals surface area contributed by atoms with Gasteiger partial charge in [-0.05, 0) is 56.8 Å². The topological polar surface area (TPSA) is 17.8 Å². The first-order valence-electron chi connectivity index (χ1n) is 5.36. The number of fused-ring (bicyclic) bond motifs is 1. The molecule has 0 aliphatic carbocycles. The van der Waals surface area contributed by atoms with Crippen molar-refractivity contribution in [1.29, 1.82) is 0 Å². The largest absolute Gasteiger partial charge is 0.274 e. The van der Waals surface area contributed by atoms with Gasteiger partial charge in [-0.3, -0.25) is 4.68 Å². The second kappa shape index (κ2) is 4.44. The van der Waals surface area contributed by atoms with Crippen LogP contribution in [0.3, 0.4) is 0 Å². The summed E-state index contributed by atoms with van der Waals surface area (Å²) >= 11 is 10.8. The SMILES string of the molecule is Cc1c(Br)sc2sc(-c3nn(C)cc3Br)c(C)c12. The number of nitrogens with zero attached hydrogens (tertiary/aromatic N) is 2. The van der Waals surface area contributed by atoms with Crippen LogP contribution in [0.4, 0.5) is 0 Å². The van der Waals surface area contributed by atoms with Gasteiger partial charge in [0.05, 0.1) is 17.1 Å². The summed E-state index contributed by atoms with van der Waals surface area (Å²) < 4.78 is 5.50. The molecule has 0 fully saturated rings. The van der Waals surface area contributed by atoms with Crippen LogP contribution >= 0.6 is 54.5 Å². The zero-order valence-corrected chi connectivity index (χ0v) is 14.8. The van der Waals surface area contributed by atoms with Gasteiger partial charge in [-0.1, -0.05) is 0 Å². The number of rotatable bonds is 1. The molecule has 0 radical (unpaired) electrons. The van der Waals surface area contributed by atoms with Crippen LogP contribution in [0.2, 0.25) is 0 Å². The average molecular weight is 406 g/mol. The first-order valence-corrected chi connectivity index (χ1v) is 8.58. The molecule has 0 aliphatic rings. The van der Waals surface area contributed by atoms with Crippen LogP contribution in [0.1, 0.15) is 11.1 Å². The summed E-state index contributed by atoms with van der Waals surface area (Å²) in [5, 5.41) is 5.92. The number of halogens is 2. The highest BCUT2D eigenvalue weighted by atomic mass is 79.9. The maximum absolute atomic E-state index is 4.54. The van der Waals surface area contributed by atoms with Gasteiger partial charge in [0.2, 0.25) is 0 Å². The van der Waals surface area contributed by atoms with Gasteiger partial charge in [-0.2, -0.15) is 5.10 Å². The smallest absolute Gasteiger partial charge is 0.117 e. The molecule has 0 atom stereocenters. The number of aromatic nitrogens is 2. The second-order valence-corrected chi connectivity index (χ2v) is 8.69. The highest BCUT2D eigenvalue weighted by Crippen LogP contribution is 2.47. The number of aryl methyl sites for hydroxylation is 3. The minimum Gasteiger partial charge on any atom is -0.274 e. The van der Waals surface area contributed by atoms with Gasteiger partial charge in [0.15, 0.2) is 0 Å². The third kappa shape index (κ3) is 1.81. The van der Waals surface area contributed by atoms with E-state index in [9.17, 15) is 0 Å². The fourth-order valence-electron chi connectivity index (χ4n) is 2.09. The van der Waals surface area contributed by atoms with Crippen LogP contribution in [-0.4, -0.2) is 9.78 Å². The van der Waals surface area contributed by atoms with Crippen LogP contribution in [-0.2, 0) is 7.05 Å². The Balaban J connectivity index is 2.31. The molecular formula is C12H10Br2N2S2. The first-order chi connectivity index (χ1) is 8.49. The molecule has 18 heavy (non-hydrogen) atoms. The summed E-state index contributed by atoms with van der Waals surface area (Å²) in [6.07, 6.45) is 1.99. The van der Waals surface area contributed by atoms with Crippen LogP contribution in [0.5, 0.6) is 0 Å². The molecule has 3 rings (SSSR count). The standard InChI is InChI=1S/C12H10Br2N2S2/c1-5-8-6(2)11(14)18-12(8)17-10(5)9-7(13)4-16(3)15-9/h4H,1-3H3. The Kier molecular flexibility index (Phi) is 3.17. The van der Waals surface area contributed by atoms with Crippen LogP contribution in [0, 0.1) is 13.8 Å². The van der Waals surface area contributed by atoms with Crippen LogP contribution in [0.15, 0.2) is 14.5 Å². The molecule has 6 heteroatoms. The third-order valence-electron chi connectivity index (χ3n) is 2.97. The van der Waals surface area contributed by atoms with E-state index in [1.165, 1.54) is 29.2 Å². The molecule has 2 nitrogen and oxygen atoms in total. The van der Waals surface area contributed by atoms with Crippen molar-refractivity contribution in [3.8, 4) is 10.6 Å². The lowest BCUT2D eigenvalue weighted by molar-refractivity contribution is 0.771. The van der Waals surface area contributed by atoms with Crippen molar-refractivity contribution in [3.05, 3.63) is 25.6 Å². The molecule has 0 aliphatic heterocycles. The van der Waals surface area contributed by atoms with E-state index in [1.807, 2.05) is 29.3 Å². The molecule has 0 amide bonds. The van der Waals surface area contributed by atoms with Gasteiger partial charge in [-0.25, -0.2) is 0 Å². The molecule has 0 spiro atoms. The van der Waals surface area contributed by atoms with Gasteiger partial charge in [0.1, 0.15) is 5.69 Å². The zero-order valence-electron chi connectivity index (χ0n) is 10.0. The maximum atomic E-state index is 4.54. The lowest BCUT2D eigenvalue weighted by atomic mass is 10.1. The van der Waals surface area contributed by atoms with E-state index in [1.54, 1.807) is 11.3 Å². The molecule has 3 heterocycles. The van der Waals surface area contributed by atoms with E-state index in [2.05, 4.69) is 50.8 Å². The number of thiophene rings is 2. The van der Waals surface area contributed by atoms with Crippen molar-refractivity contribution in [2.75, 3.05) is 0 Å². The highest BCUT2D eigenvalue weighted by molar-refractivity contribution is 9.11. The molecule has 3 aromatic heterocycles. The second-order valence-electron chi connectivity index (χ2n) is 4.22. The van der Waals surface area contributed by atoms with Gasteiger partial charge in [-0.15, -0.1) is 22.7 Å². The number of hydrogen-bond acceptors (Lipinski definition) is 3. The molecule has 0 unspecified atom stereocenters. The van der Waals surface area contributed by atoms with Gasteiger partial charge in [0.25, 0.3) is 0 Å². The summed E-state index contributed by atoms with van der Waals surface area (Å²) in [4.78, 5) is 1.26. The first kappa shape index (κ1) is 12.8. The fraction of sp³-hybridized carbons (Fsp3) is 0.250. The van der Waals surface area contributed by atoms with E-state index >= 15 is 0 Å². The lowest BCUT2D eigenvalue weighted by Crippen LogP contribution is -1.87.